The van der Waals surface area contributed by atoms with E-state index in [0.717, 1.165) is 23.7 Å². The van der Waals surface area contributed by atoms with Crippen LogP contribution in [0.15, 0.2) is 24.3 Å². The highest BCUT2D eigenvalue weighted by Gasteiger charge is 2.31. The van der Waals surface area contributed by atoms with Crippen LogP contribution in [0.3, 0.4) is 0 Å². The summed E-state index contributed by atoms with van der Waals surface area (Å²) in [6.45, 7) is 4.25. The number of carbonyl (C=O) groups excluding carboxylic acids is 1. The molecule has 4 heteroatoms. The predicted molar refractivity (Wildman–Crippen MR) is 75.0 cm³/mol. The molecule has 1 amide bonds. The molecule has 1 aromatic heterocycles. The Morgan fingerprint density at radius 1 is 1.26 bits per heavy atom. The molecule has 1 saturated heterocycles. The lowest BCUT2D eigenvalue weighted by Gasteiger charge is -2.38. The summed E-state index contributed by atoms with van der Waals surface area (Å²) in [6, 6.07) is 8.38. The fourth-order valence-corrected chi connectivity index (χ4v) is 3.07. The molecule has 1 fully saturated rings. The van der Waals surface area contributed by atoms with Crippen molar-refractivity contribution < 1.29 is 4.79 Å². The maximum atomic E-state index is 12.7. The molecule has 1 aliphatic rings. The Morgan fingerprint density at radius 2 is 1.95 bits per heavy atom. The highest BCUT2D eigenvalue weighted by atomic mass is 16.2. The van der Waals surface area contributed by atoms with Crippen molar-refractivity contribution in [3.63, 3.8) is 0 Å². The summed E-state index contributed by atoms with van der Waals surface area (Å²) < 4.78 is 0. The number of aromatic nitrogens is 2. The smallest absolute Gasteiger partial charge is 0.275 e. The Labute approximate surface area is 112 Å². The second kappa shape index (κ2) is 4.68. The van der Waals surface area contributed by atoms with Crippen molar-refractivity contribution in [2.45, 2.75) is 45.2 Å². The molecule has 100 valence electrons. The van der Waals surface area contributed by atoms with Crippen LogP contribution in [0.25, 0.3) is 10.9 Å². The number of nitrogens with one attached hydrogen (secondary N) is 1. The van der Waals surface area contributed by atoms with Crippen LogP contribution < -0.4 is 0 Å². The number of para-hydroxylation sites is 1. The van der Waals surface area contributed by atoms with Gasteiger partial charge in [0.1, 0.15) is 0 Å². The molecule has 0 bridgehead atoms. The first-order valence-corrected chi connectivity index (χ1v) is 6.94. The maximum Gasteiger partial charge on any atom is 0.275 e. The van der Waals surface area contributed by atoms with Gasteiger partial charge >= 0.3 is 0 Å². The van der Waals surface area contributed by atoms with E-state index in [1.54, 1.807) is 0 Å². The van der Waals surface area contributed by atoms with E-state index in [1.165, 1.54) is 6.42 Å². The third kappa shape index (κ3) is 2.01. The minimum atomic E-state index is 0.0529. The molecule has 1 N–H and O–H groups in total. The third-order valence-corrected chi connectivity index (χ3v) is 4.10. The zero-order chi connectivity index (χ0) is 13.4. The van der Waals surface area contributed by atoms with Crippen molar-refractivity contribution >= 4 is 16.8 Å². The molecule has 0 spiro atoms. The van der Waals surface area contributed by atoms with E-state index < -0.39 is 0 Å². The molecular formula is C15H19N3O. The maximum absolute atomic E-state index is 12.7. The number of amides is 1. The molecule has 4 nitrogen and oxygen atoms in total. The lowest BCUT2D eigenvalue weighted by molar-refractivity contribution is 0.0506. The number of hydrogen-bond acceptors (Lipinski definition) is 2. The van der Waals surface area contributed by atoms with E-state index >= 15 is 0 Å². The van der Waals surface area contributed by atoms with Crippen LogP contribution in [-0.2, 0) is 0 Å². The topological polar surface area (TPSA) is 49.0 Å². The van der Waals surface area contributed by atoms with Crippen molar-refractivity contribution in [1.82, 2.24) is 15.1 Å². The summed E-state index contributed by atoms with van der Waals surface area (Å²) in [4.78, 5) is 14.7. The highest BCUT2D eigenvalue weighted by Crippen LogP contribution is 2.26. The average Bonchev–Trinajstić information content (AvgIpc) is 2.82. The van der Waals surface area contributed by atoms with Gasteiger partial charge in [0.25, 0.3) is 5.91 Å². The fourth-order valence-electron chi connectivity index (χ4n) is 3.07. The van der Waals surface area contributed by atoms with Gasteiger partial charge in [0.05, 0.1) is 5.52 Å². The van der Waals surface area contributed by atoms with Crippen LogP contribution in [-0.4, -0.2) is 33.1 Å². The number of benzene rings is 1. The molecule has 0 unspecified atom stereocenters. The summed E-state index contributed by atoms with van der Waals surface area (Å²) >= 11 is 0. The standard InChI is InChI=1S/C15H19N3O/c1-10-6-5-7-11(2)18(10)15(19)14-12-8-3-4-9-13(12)16-17-14/h3-4,8-11H,5-7H2,1-2H3,(H,16,17)/t10-,11+. The third-order valence-electron chi connectivity index (χ3n) is 4.10. The van der Waals surface area contributed by atoms with Crippen molar-refractivity contribution in [1.29, 1.82) is 0 Å². The van der Waals surface area contributed by atoms with Crippen LogP contribution in [0, 0.1) is 0 Å². The number of H-pyrrole nitrogens is 1. The van der Waals surface area contributed by atoms with Crippen LogP contribution in [0.4, 0.5) is 0 Å². The van der Waals surface area contributed by atoms with E-state index in [0.29, 0.717) is 17.8 Å². The molecular weight excluding hydrogens is 238 g/mol. The molecule has 2 atom stereocenters. The van der Waals surface area contributed by atoms with Crippen LogP contribution >= 0.6 is 0 Å². The molecule has 1 aromatic carbocycles. The largest absolute Gasteiger partial charge is 0.332 e. The van der Waals surface area contributed by atoms with Gasteiger partial charge in [-0.1, -0.05) is 18.2 Å². The zero-order valence-corrected chi connectivity index (χ0v) is 11.4. The minimum Gasteiger partial charge on any atom is -0.332 e. The number of likely N-dealkylation sites (tertiary alicyclic amines) is 1. The Hall–Kier alpha value is -1.84. The minimum absolute atomic E-state index is 0.0529. The summed E-state index contributed by atoms with van der Waals surface area (Å²) in [6.07, 6.45) is 3.37. The van der Waals surface area contributed by atoms with Gasteiger partial charge in [-0.3, -0.25) is 9.89 Å². The molecule has 0 aliphatic carbocycles. The quantitative estimate of drug-likeness (QED) is 0.853. The van der Waals surface area contributed by atoms with Crippen molar-refractivity contribution in [3.05, 3.63) is 30.0 Å². The highest BCUT2D eigenvalue weighted by molar-refractivity contribution is 6.04. The summed E-state index contributed by atoms with van der Waals surface area (Å²) in [5, 5.41) is 8.08. The van der Waals surface area contributed by atoms with Gasteiger partial charge in [0.2, 0.25) is 0 Å². The van der Waals surface area contributed by atoms with Crippen molar-refractivity contribution in [2.75, 3.05) is 0 Å². The lowest BCUT2D eigenvalue weighted by atomic mass is 9.97. The molecule has 3 rings (SSSR count). The summed E-state index contributed by atoms with van der Waals surface area (Å²) in [5.74, 6) is 0.0529. The number of hydrogen-bond donors (Lipinski definition) is 1. The molecule has 1 aliphatic heterocycles. The van der Waals surface area contributed by atoms with Crippen LogP contribution in [0.1, 0.15) is 43.6 Å². The number of fused-ring (bicyclic) bond motifs is 1. The van der Waals surface area contributed by atoms with E-state index in [4.69, 9.17) is 0 Å². The molecule has 2 aromatic rings. The lowest BCUT2D eigenvalue weighted by Crippen LogP contribution is -2.47. The Kier molecular flexibility index (Phi) is 3.01. The number of carbonyl (C=O) groups is 1. The Morgan fingerprint density at radius 3 is 2.68 bits per heavy atom. The summed E-state index contributed by atoms with van der Waals surface area (Å²) in [7, 11) is 0. The van der Waals surface area contributed by atoms with Crippen molar-refractivity contribution in [2.24, 2.45) is 0 Å². The van der Waals surface area contributed by atoms with Gasteiger partial charge in [-0.15, -0.1) is 0 Å². The first-order chi connectivity index (χ1) is 9.18. The van der Waals surface area contributed by atoms with E-state index in [2.05, 4.69) is 24.0 Å². The SMILES string of the molecule is C[C@@H]1CCC[C@H](C)N1C(=O)c1n[nH]c2ccccc12. The normalized spacial score (nSPS) is 23.8. The van der Waals surface area contributed by atoms with Gasteiger partial charge in [-0.2, -0.15) is 5.10 Å². The van der Waals surface area contributed by atoms with Gasteiger partial charge in [0.15, 0.2) is 5.69 Å². The monoisotopic (exact) mass is 257 g/mol. The molecule has 19 heavy (non-hydrogen) atoms. The van der Waals surface area contributed by atoms with Gasteiger partial charge in [-0.05, 0) is 39.2 Å². The second-order valence-corrected chi connectivity index (χ2v) is 5.46. The van der Waals surface area contributed by atoms with E-state index in [1.807, 2.05) is 29.2 Å². The van der Waals surface area contributed by atoms with E-state index in [9.17, 15) is 4.79 Å². The van der Waals surface area contributed by atoms with Crippen LogP contribution in [0.5, 0.6) is 0 Å². The number of piperidine rings is 1. The van der Waals surface area contributed by atoms with Gasteiger partial charge < -0.3 is 4.90 Å². The predicted octanol–water partition coefficient (Wildman–Crippen LogP) is 2.97. The fraction of sp³-hybridized carbons (Fsp3) is 0.467. The van der Waals surface area contributed by atoms with Crippen molar-refractivity contribution in [3.8, 4) is 0 Å². The van der Waals surface area contributed by atoms with Gasteiger partial charge in [0, 0.05) is 17.5 Å². The van der Waals surface area contributed by atoms with Gasteiger partial charge in [-0.25, -0.2) is 0 Å². The molecule has 0 saturated carbocycles. The number of nitrogens with zero attached hydrogens (tertiary/aromatic N) is 2. The molecule has 2 heterocycles. The van der Waals surface area contributed by atoms with E-state index in [-0.39, 0.29) is 5.91 Å². The van der Waals surface area contributed by atoms with Crippen LogP contribution in [0.2, 0.25) is 0 Å². The number of aromatic amines is 1. The Balaban J connectivity index is 1.99. The number of rotatable bonds is 1. The molecule has 0 radical (unpaired) electrons. The first-order valence-electron chi connectivity index (χ1n) is 6.94. The second-order valence-electron chi connectivity index (χ2n) is 5.46. The zero-order valence-electron chi connectivity index (χ0n) is 11.4. The first kappa shape index (κ1) is 12.2. The average molecular weight is 257 g/mol. The summed E-state index contributed by atoms with van der Waals surface area (Å²) in [5.41, 5.74) is 1.47. The Bertz CT molecular complexity index is 594.